The van der Waals surface area contributed by atoms with Gasteiger partial charge in [-0.1, -0.05) is 12.1 Å². The third-order valence-electron chi connectivity index (χ3n) is 6.30. The highest BCUT2D eigenvalue weighted by molar-refractivity contribution is 6.15. The van der Waals surface area contributed by atoms with Crippen LogP contribution in [0.3, 0.4) is 0 Å². The van der Waals surface area contributed by atoms with Crippen LogP contribution in [0, 0.1) is 12.8 Å². The van der Waals surface area contributed by atoms with Crippen molar-refractivity contribution in [2.75, 3.05) is 26.3 Å². The molecule has 0 unspecified atom stereocenters. The first kappa shape index (κ1) is 23.8. The van der Waals surface area contributed by atoms with E-state index < -0.39 is 0 Å². The predicted molar refractivity (Wildman–Crippen MR) is 128 cm³/mol. The van der Waals surface area contributed by atoms with Gasteiger partial charge >= 0.3 is 5.97 Å². The van der Waals surface area contributed by atoms with Gasteiger partial charge in [0.1, 0.15) is 17.2 Å². The molecular formula is C27H31NO6. The molecule has 0 amide bonds. The normalized spacial score (nSPS) is 17.5. The first-order chi connectivity index (χ1) is 16.4. The number of rotatable bonds is 7. The first-order valence-corrected chi connectivity index (χ1v) is 11.8. The summed E-state index contributed by atoms with van der Waals surface area (Å²) in [4.78, 5) is 27.4. The van der Waals surface area contributed by atoms with Gasteiger partial charge in [-0.2, -0.15) is 0 Å². The van der Waals surface area contributed by atoms with E-state index in [-0.39, 0.29) is 29.2 Å². The maximum atomic E-state index is 13.2. The number of piperidine rings is 1. The van der Waals surface area contributed by atoms with Crippen LogP contribution < -0.4 is 9.47 Å². The summed E-state index contributed by atoms with van der Waals surface area (Å²) in [5.74, 6) is 1.11. The Morgan fingerprint density at radius 3 is 2.53 bits per heavy atom. The van der Waals surface area contributed by atoms with Crippen LogP contribution in [0.1, 0.15) is 53.7 Å². The fourth-order valence-corrected chi connectivity index (χ4v) is 4.52. The van der Waals surface area contributed by atoms with Gasteiger partial charge in [0, 0.05) is 6.54 Å². The molecule has 2 heterocycles. The first-order valence-electron chi connectivity index (χ1n) is 11.8. The molecule has 0 radical (unpaired) electrons. The highest BCUT2D eigenvalue weighted by Gasteiger charge is 2.34. The summed E-state index contributed by atoms with van der Waals surface area (Å²) in [5, 5.41) is 10.7. The number of nitrogens with zero attached hydrogens (tertiary/aromatic N) is 1. The number of aromatic hydroxyl groups is 1. The van der Waals surface area contributed by atoms with Crippen molar-refractivity contribution in [1.82, 2.24) is 4.90 Å². The molecule has 2 aliphatic heterocycles. The average molecular weight is 466 g/mol. The fraction of sp³-hybridized carbons (Fsp3) is 0.407. The summed E-state index contributed by atoms with van der Waals surface area (Å²) < 4.78 is 16.7. The Labute approximate surface area is 199 Å². The standard InChI is InChI=1S/C27H31NO6/c1-4-32-20-8-6-18(7-9-20)15-23-25(30)24-17(3)14-22(29)21(26(24)34-23)16-28-12-10-19(11-13-28)27(31)33-5-2/h6-9,14-15,19,29H,4-5,10-13,16H2,1-3H3/b23-15+. The number of ether oxygens (including phenoxy) is 3. The SMILES string of the molecule is CCOC(=O)C1CCN(Cc2c(O)cc(C)c3c2O/C(=C/c2ccc(OCC)cc2)C3=O)CC1. The number of likely N-dealkylation sites (tertiary alicyclic amines) is 1. The second kappa shape index (κ2) is 10.3. The zero-order chi connectivity index (χ0) is 24.2. The summed E-state index contributed by atoms with van der Waals surface area (Å²) in [6.07, 6.45) is 3.12. The second-order valence-electron chi connectivity index (χ2n) is 8.64. The zero-order valence-corrected chi connectivity index (χ0v) is 19.9. The largest absolute Gasteiger partial charge is 0.507 e. The molecule has 0 aromatic heterocycles. The van der Waals surface area contributed by atoms with Gasteiger partial charge in [0.2, 0.25) is 5.78 Å². The molecule has 180 valence electrons. The molecule has 7 heteroatoms. The molecule has 2 aromatic rings. The van der Waals surface area contributed by atoms with Crippen molar-refractivity contribution in [3.8, 4) is 17.2 Å². The third kappa shape index (κ3) is 4.94. The van der Waals surface area contributed by atoms with Gasteiger partial charge in [0.15, 0.2) is 5.76 Å². The number of carbonyl (C=O) groups excluding carboxylic acids is 2. The lowest BCUT2D eigenvalue weighted by atomic mass is 9.95. The Hall–Kier alpha value is -3.32. The Bertz CT molecular complexity index is 1100. The number of ketones is 1. The molecule has 4 rings (SSSR count). The molecule has 0 saturated carbocycles. The minimum absolute atomic E-state index is 0.0880. The van der Waals surface area contributed by atoms with Gasteiger partial charge in [0.05, 0.1) is 30.3 Å². The second-order valence-corrected chi connectivity index (χ2v) is 8.64. The molecule has 0 atom stereocenters. The molecule has 0 bridgehead atoms. The average Bonchev–Trinajstić information content (AvgIpc) is 3.15. The Balaban J connectivity index is 1.53. The van der Waals surface area contributed by atoms with Gasteiger partial charge in [-0.25, -0.2) is 0 Å². The highest BCUT2D eigenvalue weighted by Crippen LogP contribution is 2.42. The molecule has 1 fully saturated rings. The number of aryl methyl sites for hydroxylation is 1. The number of carbonyl (C=O) groups is 2. The number of fused-ring (bicyclic) bond motifs is 1. The number of hydrogen-bond acceptors (Lipinski definition) is 7. The van der Waals surface area contributed by atoms with Crippen LogP contribution in [-0.4, -0.2) is 48.1 Å². The van der Waals surface area contributed by atoms with Crippen LogP contribution in [0.5, 0.6) is 17.2 Å². The van der Waals surface area contributed by atoms with Crippen molar-refractivity contribution >= 4 is 17.8 Å². The van der Waals surface area contributed by atoms with Gasteiger partial charge in [-0.05, 0) is 82.1 Å². The molecule has 2 aromatic carbocycles. The molecule has 34 heavy (non-hydrogen) atoms. The number of Topliss-reactive ketones (excluding diaryl/α,β-unsaturated/α-hetero) is 1. The molecule has 7 nitrogen and oxygen atoms in total. The topological polar surface area (TPSA) is 85.3 Å². The lowest BCUT2D eigenvalue weighted by Gasteiger charge is -2.31. The number of allylic oxidation sites excluding steroid dienone is 1. The molecule has 2 aliphatic rings. The Morgan fingerprint density at radius 1 is 1.18 bits per heavy atom. The number of phenolic OH excluding ortho intramolecular Hbond substituents is 1. The number of phenols is 1. The van der Waals surface area contributed by atoms with E-state index in [0.29, 0.717) is 68.1 Å². The number of esters is 1. The van der Waals surface area contributed by atoms with Gasteiger partial charge < -0.3 is 19.3 Å². The Kier molecular flexibility index (Phi) is 7.22. The van der Waals surface area contributed by atoms with Crippen LogP contribution in [0.2, 0.25) is 0 Å². The van der Waals surface area contributed by atoms with E-state index in [1.807, 2.05) is 38.1 Å². The molecular weight excluding hydrogens is 434 g/mol. The van der Waals surface area contributed by atoms with Gasteiger partial charge in [-0.3, -0.25) is 14.5 Å². The van der Waals surface area contributed by atoms with Crippen molar-refractivity contribution < 1.29 is 28.9 Å². The summed E-state index contributed by atoms with van der Waals surface area (Å²) in [7, 11) is 0. The van der Waals surface area contributed by atoms with E-state index in [4.69, 9.17) is 14.2 Å². The Morgan fingerprint density at radius 2 is 1.88 bits per heavy atom. The summed E-state index contributed by atoms with van der Waals surface area (Å²) in [6.45, 7) is 8.36. The minimum atomic E-state index is -0.191. The minimum Gasteiger partial charge on any atom is -0.507 e. The van der Waals surface area contributed by atoms with Crippen molar-refractivity contribution in [2.45, 2.75) is 40.2 Å². The maximum Gasteiger partial charge on any atom is 0.309 e. The van der Waals surface area contributed by atoms with E-state index in [1.165, 1.54) is 0 Å². The van der Waals surface area contributed by atoms with Crippen molar-refractivity contribution in [2.24, 2.45) is 5.92 Å². The molecule has 1 saturated heterocycles. The fourth-order valence-electron chi connectivity index (χ4n) is 4.52. The third-order valence-corrected chi connectivity index (χ3v) is 6.30. The highest BCUT2D eigenvalue weighted by atomic mass is 16.5. The van der Waals surface area contributed by atoms with E-state index in [0.717, 1.165) is 11.3 Å². The van der Waals surface area contributed by atoms with Crippen molar-refractivity contribution in [1.29, 1.82) is 0 Å². The summed E-state index contributed by atoms with van der Waals surface area (Å²) in [5.41, 5.74) is 2.59. The summed E-state index contributed by atoms with van der Waals surface area (Å²) in [6, 6.07) is 9.07. The van der Waals surface area contributed by atoms with E-state index in [1.54, 1.807) is 19.1 Å². The van der Waals surface area contributed by atoms with Gasteiger partial charge in [-0.15, -0.1) is 0 Å². The van der Waals surface area contributed by atoms with E-state index in [9.17, 15) is 14.7 Å². The van der Waals surface area contributed by atoms with Crippen LogP contribution in [-0.2, 0) is 16.1 Å². The zero-order valence-electron chi connectivity index (χ0n) is 19.9. The lowest BCUT2D eigenvalue weighted by molar-refractivity contribution is -0.149. The number of benzene rings is 2. The smallest absolute Gasteiger partial charge is 0.309 e. The molecule has 1 N–H and O–H groups in total. The van der Waals surface area contributed by atoms with Crippen LogP contribution in [0.15, 0.2) is 36.1 Å². The van der Waals surface area contributed by atoms with E-state index >= 15 is 0 Å². The monoisotopic (exact) mass is 465 g/mol. The maximum absolute atomic E-state index is 13.2. The van der Waals surface area contributed by atoms with Crippen molar-refractivity contribution in [3.63, 3.8) is 0 Å². The van der Waals surface area contributed by atoms with Crippen LogP contribution in [0.25, 0.3) is 6.08 Å². The molecule has 0 aliphatic carbocycles. The van der Waals surface area contributed by atoms with Crippen LogP contribution in [0.4, 0.5) is 0 Å². The quantitative estimate of drug-likeness (QED) is 0.476. The van der Waals surface area contributed by atoms with Crippen molar-refractivity contribution in [3.05, 3.63) is 58.3 Å². The van der Waals surface area contributed by atoms with Gasteiger partial charge in [0.25, 0.3) is 0 Å². The lowest BCUT2D eigenvalue weighted by Crippen LogP contribution is -2.36. The molecule has 0 spiro atoms. The number of hydrogen-bond donors (Lipinski definition) is 1. The summed E-state index contributed by atoms with van der Waals surface area (Å²) >= 11 is 0. The predicted octanol–water partition coefficient (Wildman–Crippen LogP) is 4.49. The van der Waals surface area contributed by atoms with Crippen LogP contribution >= 0.6 is 0 Å². The van der Waals surface area contributed by atoms with E-state index in [2.05, 4.69) is 4.90 Å².